The van der Waals surface area contributed by atoms with Crippen LogP contribution in [-0.2, 0) is 0 Å². The lowest BCUT2D eigenvalue weighted by atomic mass is 10.1. The zero-order valence-electron chi connectivity index (χ0n) is 12.7. The second kappa shape index (κ2) is 8.05. The van der Waals surface area contributed by atoms with Crippen molar-refractivity contribution < 1.29 is 29.8 Å². The second-order valence-corrected chi connectivity index (χ2v) is 4.58. The first-order valence-corrected chi connectivity index (χ1v) is 6.72. The zero-order valence-corrected chi connectivity index (χ0v) is 12.7. The van der Waals surface area contributed by atoms with E-state index in [2.05, 4.69) is 14.5 Å². The Labute approximate surface area is 144 Å². The highest BCUT2D eigenvalue weighted by Crippen LogP contribution is 2.25. The van der Waals surface area contributed by atoms with Gasteiger partial charge in [0.15, 0.2) is 0 Å². The number of nitrogens with zero attached hydrogens (tertiary/aromatic N) is 3. The van der Waals surface area contributed by atoms with Gasteiger partial charge in [0.05, 0.1) is 0 Å². The average molecular weight is 363 g/mol. The summed E-state index contributed by atoms with van der Waals surface area (Å²) in [7, 11) is 0. The molecule has 0 aliphatic heterocycles. The van der Waals surface area contributed by atoms with Gasteiger partial charge in [0.2, 0.25) is 0 Å². The molecule has 0 radical (unpaired) electrons. The molecule has 12 heteroatoms. The fourth-order valence-corrected chi connectivity index (χ4v) is 1.89. The monoisotopic (exact) mass is 363 g/mol. The summed E-state index contributed by atoms with van der Waals surface area (Å²) in [6, 6.07) is 9.34. The Balaban J connectivity index is 2.23. The van der Waals surface area contributed by atoms with Gasteiger partial charge in [-0.3, -0.25) is 14.5 Å². The maximum absolute atomic E-state index is 10.4. The fourth-order valence-electron chi connectivity index (χ4n) is 1.89. The summed E-state index contributed by atoms with van der Waals surface area (Å²) >= 11 is 0. The van der Waals surface area contributed by atoms with Crippen LogP contribution in [0.1, 0.15) is 11.1 Å². The molecule has 2 aromatic carbocycles. The van der Waals surface area contributed by atoms with Crippen molar-refractivity contribution in [3.05, 3.63) is 83.9 Å². The highest BCUT2D eigenvalue weighted by molar-refractivity contribution is 5.71. The van der Waals surface area contributed by atoms with E-state index < -0.39 is 15.3 Å². The molecule has 0 bridgehead atoms. The molecule has 134 valence electrons. The van der Waals surface area contributed by atoms with Crippen LogP contribution in [0, 0.1) is 30.3 Å². The molecule has 0 spiro atoms. The minimum atomic E-state index is -1.06. The first-order valence-electron chi connectivity index (χ1n) is 6.72. The van der Waals surface area contributed by atoms with Crippen LogP contribution in [0.3, 0.4) is 0 Å². The minimum Gasteiger partial charge on any atom is -0.276 e. The predicted molar refractivity (Wildman–Crippen MR) is 84.7 cm³/mol. The van der Waals surface area contributed by atoms with Gasteiger partial charge in [-0.05, 0) is 41.5 Å². The average Bonchev–Trinajstić information content (AvgIpc) is 2.52. The van der Waals surface area contributed by atoms with E-state index in [-0.39, 0.29) is 17.2 Å². The van der Waals surface area contributed by atoms with Crippen molar-refractivity contribution in [3.63, 3.8) is 0 Å². The van der Waals surface area contributed by atoms with Crippen molar-refractivity contribution in [1.82, 2.24) is 0 Å². The summed E-state index contributed by atoms with van der Waals surface area (Å²) in [5, 5.41) is 28.0. The molecule has 0 unspecified atom stereocenters. The lowest BCUT2D eigenvalue weighted by Gasteiger charge is -2.05. The predicted octanol–water partition coefficient (Wildman–Crippen LogP) is 2.57. The molecule has 2 aromatic rings. The van der Waals surface area contributed by atoms with Crippen LogP contribution < -0.4 is 14.5 Å². The molecule has 0 aliphatic carbocycles. The SMILES string of the molecule is O=[N+]([O-])Oc1ccc(C=Cc2cc(O[N+](=O)[O-])cc(O[N+](=O)[O-])c2)cc1. The second-order valence-electron chi connectivity index (χ2n) is 4.58. The molecule has 0 amide bonds. The van der Waals surface area contributed by atoms with Crippen LogP contribution in [0.4, 0.5) is 0 Å². The van der Waals surface area contributed by atoms with Gasteiger partial charge in [0, 0.05) is 0 Å². The van der Waals surface area contributed by atoms with Gasteiger partial charge in [-0.25, -0.2) is 0 Å². The van der Waals surface area contributed by atoms with Crippen molar-refractivity contribution in [2.75, 3.05) is 0 Å². The summed E-state index contributed by atoms with van der Waals surface area (Å²) < 4.78 is 0. The Kier molecular flexibility index (Phi) is 5.61. The lowest BCUT2D eigenvalue weighted by molar-refractivity contribution is -0.713. The van der Waals surface area contributed by atoms with E-state index in [9.17, 15) is 30.3 Å². The Bertz CT molecular complexity index is 830. The van der Waals surface area contributed by atoms with Gasteiger partial charge >= 0.3 is 0 Å². The van der Waals surface area contributed by atoms with E-state index in [1.54, 1.807) is 6.08 Å². The van der Waals surface area contributed by atoms with Gasteiger partial charge in [-0.2, -0.15) is 0 Å². The number of hydrogen-bond donors (Lipinski definition) is 0. The molecule has 12 nitrogen and oxygen atoms in total. The smallest absolute Gasteiger partial charge is 0.276 e. The molecular formula is C14H9N3O9. The molecule has 0 aliphatic rings. The maximum atomic E-state index is 10.4. The summed E-state index contributed by atoms with van der Waals surface area (Å²) in [5.74, 6) is -0.484. The standard InChI is InChI=1S/C14H9N3O9/c18-15(19)24-12-5-3-10(4-6-12)1-2-11-7-13(25-16(20)21)9-14(8-11)26-17(22)23/h1-9H. The summed E-state index contributed by atoms with van der Waals surface area (Å²) in [5.41, 5.74) is 0.949. The molecule has 0 heterocycles. The van der Waals surface area contributed by atoms with Crippen molar-refractivity contribution in [1.29, 1.82) is 0 Å². The third kappa shape index (κ3) is 5.77. The third-order valence-electron chi connectivity index (χ3n) is 2.79. The fraction of sp³-hybridized carbons (Fsp3) is 0. The summed E-state index contributed by atoms with van der Waals surface area (Å²) in [6.07, 6.45) is 3.06. The molecule has 0 N–H and O–H groups in total. The van der Waals surface area contributed by atoms with Gasteiger partial charge in [0.25, 0.3) is 15.3 Å². The van der Waals surface area contributed by atoms with E-state index in [4.69, 9.17) is 0 Å². The quantitative estimate of drug-likeness (QED) is 0.390. The lowest BCUT2D eigenvalue weighted by Crippen LogP contribution is -2.06. The van der Waals surface area contributed by atoms with Gasteiger partial charge < -0.3 is 0 Å². The Morgan fingerprint density at radius 3 is 1.50 bits per heavy atom. The largest absolute Gasteiger partial charge is 0.299 e. The molecule has 0 fully saturated rings. The molecule has 0 saturated carbocycles. The Hall–Kier alpha value is -4.22. The van der Waals surface area contributed by atoms with Crippen molar-refractivity contribution in [3.8, 4) is 17.2 Å². The van der Waals surface area contributed by atoms with Crippen molar-refractivity contribution >= 4 is 12.2 Å². The highest BCUT2D eigenvalue weighted by atomic mass is 17.0. The third-order valence-corrected chi connectivity index (χ3v) is 2.79. The van der Waals surface area contributed by atoms with Gasteiger partial charge in [0.1, 0.15) is 17.2 Å². The van der Waals surface area contributed by atoms with Crippen LogP contribution in [0.2, 0.25) is 0 Å². The van der Waals surface area contributed by atoms with Crippen molar-refractivity contribution in [2.45, 2.75) is 0 Å². The molecule has 2 rings (SSSR count). The van der Waals surface area contributed by atoms with Gasteiger partial charge in [-0.1, -0.05) is 24.3 Å². The molecule has 0 atom stereocenters. The first-order chi connectivity index (χ1) is 12.3. The summed E-state index contributed by atoms with van der Waals surface area (Å²) in [6.45, 7) is 0. The minimum absolute atomic E-state index is 0.0372. The zero-order chi connectivity index (χ0) is 19.1. The van der Waals surface area contributed by atoms with E-state index in [0.29, 0.717) is 11.1 Å². The van der Waals surface area contributed by atoms with Crippen molar-refractivity contribution in [2.24, 2.45) is 0 Å². The number of benzene rings is 2. The van der Waals surface area contributed by atoms with Crippen LogP contribution in [0.5, 0.6) is 17.2 Å². The Morgan fingerprint density at radius 2 is 1.04 bits per heavy atom. The van der Waals surface area contributed by atoms with Gasteiger partial charge in [-0.15, -0.1) is 30.3 Å². The maximum Gasteiger partial charge on any atom is 0.299 e. The van der Waals surface area contributed by atoms with Crippen LogP contribution in [0.15, 0.2) is 42.5 Å². The van der Waals surface area contributed by atoms with E-state index >= 15 is 0 Å². The van der Waals surface area contributed by atoms with Crippen LogP contribution in [-0.4, -0.2) is 15.3 Å². The number of hydrogen-bond acceptors (Lipinski definition) is 9. The topological polar surface area (TPSA) is 157 Å². The first kappa shape index (κ1) is 18.1. The van der Waals surface area contributed by atoms with Crippen LogP contribution in [0.25, 0.3) is 12.2 Å². The molecule has 26 heavy (non-hydrogen) atoms. The van der Waals surface area contributed by atoms with E-state index in [1.807, 2.05) is 0 Å². The molecule has 0 saturated heterocycles. The Morgan fingerprint density at radius 1 is 0.615 bits per heavy atom. The number of rotatable bonds is 8. The normalized spacial score (nSPS) is 10.3. The van der Waals surface area contributed by atoms with Crippen LogP contribution >= 0.6 is 0 Å². The van der Waals surface area contributed by atoms with E-state index in [0.717, 1.165) is 6.07 Å². The summed E-state index contributed by atoms with van der Waals surface area (Å²) in [4.78, 5) is 43.9. The van der Waals surface area contributed by atoms with E-state index in [1.165, 1.54) is 42.5 Å². The molecular weight excluding hydrogens is 354 g/mol. The molecule has 0 aromatic heterocycles. The highest BCUT2D eigenvalue weighted by Gasteiger charge is 2.07.